The molecule has 2 aromatic rings. The predicted octanol–water partition coefficient (Wildman–Crippen LogP) is 6.26. The van der Waals surface area contributed by atoms with E-state index >= 15 is 0 Å². The minimum Gasteiger partial charge on any atom is -0.388 e. The first-order valence-corrected chi connectivity index (χ1v) is 11.2. The van der Waals surface area contributed by atoms with Gasteiger partial charge in [-0.15, -0.1) is 7.80 Å². The predicted molar refractivity (Wildman–Crippen MR) is 114 cm³/mol. The average Bonchev–Trinajstić information content (AvgIpc) is 2.62. The van der Waals surface area contributed by atoms with E-state index in [-0.39, 0.29) is 13.9 Å². The molecule has 0 aromatic heterocycles. The highest BCUT2D eigenvalue weighted by atomic mass is 31.1. The summed E-state index contributed by atoms with van der Waals surface area (Å²) in [7, 11) is -0.116. The maximum atomic E-state index is 10.5. The molecule has 2 atom stereocenters. The van der Waals surface area contributed by atoms with Crippen molar-refractivity contribution in [1.82, 2.24) is 0 Å². The normalized spacial score (nSPS) is 14.1. The van der Waals surface area contributed by atoms with Crippen LogP contribution in [0.2, 0.25) is 12.1 Å². The van der Waals surface area contributed by atoms with Crippen molar-refractivity contribution in [3.05, 3.63) is 71.8 Å². The van der Waals surface area contributed by atoms with Crippen LogP contribution in [0.4, 0.5) is 0 Å². The fourth-order valence-corrected chi connectivity index (χ4v) is 6.31. The van der Waals surface area contributed by atoms with Crippen LogP contribution in [0.3, 0.4) is 0 Å². The first kappa shape index (κ1) is 20.2. The number of rotatable bonds is 8. The topological polar surface area (TPSA) is 20.2 Å². The van der Waals surface area contributed by atoms with Crippen molar-refractivity contribution in [2.75, 3.05) is 12.3 Å². The summed E-state index contributed by atoms with van der Waals surface area (Å²) in [6, 6.07) is 20.9. The third-order valence-corrected chi connectivity index (χ3v) is 8.71. The smallest absolute Gasteiger partial charge is 0.173 e. The van der Waals surface area contributed by atoms with Crippen LogP contribution in [0.1, 0.15) is 44.4 Å². The van der Waals surface area contributed by atoms with Gasteiger partial charge in [-0.25, -0.2) is 0 Å². The lowest BCUT2D eigenvalue weighted by Gasteiger charge is -2.33. The van der Waals surface area contributed by atoms with Crippen molar-refractivity contribution in [3.63, 3.8) is 0 Å². The zero-order chi connectivity index (χ0) is 18.3. The summed E-state index contributed by atoms with van der Waals surface area (Å²) in [5.74, 6) is 0. The van der Waals surface area contributed by atoms with Gasteiger partial charge in [-0.3, -0.25) is 0 Å². The van der Waals surface area contributed by atoms with Gasteiger partial charge in [0.05, 0.1) is 6.10 Å². The first-order chi connectivity index (χ1) is 11.9. The molecule has 1 N–H and O–H groups in total. The third-order valence-electron chi connectivity index (χ3n) is 5.21. The Morgan fingerprint density at radius 3 is 2.04 bits per heavy atom. The van der Waals surface area contributed by atoms with E-state index in [9.17, 15) is 5.11 Å². The van der Waals surface area contributed by atoms with Gasteiger partial charge in [-0.1, -0.05) is 93.6 Å². The van der Waals surface area contributed by atoms with Crippen LogP contribution in [-0.4, -0.2) is 23.9 Å². The maximum absolute atomic E-state index is 10.5. The summed E-state index contributed by atoms with van der Waals surface area (Å²) in [6.45, 7) is 9.46. The van der Waals surface area contributed by atoms with Crippen LogP contribution < -0.4 is 0 Å². The summed E-state index contributed by atoms with van der Waals surface area (Å²) in [5.41, 5.74) is 2.48. The van der Waals surface area contributed by atoms with E-state index in [0.29, 0.717) is 11.7 Å². The molecule has 25 heavy (non-hydrogen) atoms. The fourth-order valence-electron chi connectivity index (χ4n) is 3.09. The summed E-state index contributed by atoms with van der Waals surface area (Å²) in [6.07, 6.45) is 4.75. The molecule has 0 saturated heterocycles. The Hall–Kier alpha value is -1.11. The molecule has 0 aliphatic heterocycles. The third kappa shape index (κ3) is 6.61. The molecule has 2 unspecified atom stereocenters. The van der Waals surface area contributed by atoms with Gasteiger partial charge in [0.15, 0.2) is 6.43 Å². The van der Waals surface area contributed by atoms with Gasteiger partial charge < -0.3 is 5.11 Å². The lowest BCUT2D eigenvalue weighted by Crippen LogP contribution is -2.23. The van der Waals surface area contributed by atoms with E-state index in [1.807, 2.05) is 30.3 Å². The van der Waals surface area contributed by atoms with Gasteiger partial charge >= 0.3 is 0 Å². The van der Waals surface area contributed by atoms with E-state index in [0.717, 1.165) is 24.6 Å². The van der Waals surface area contributed by atoms with E-state index < -0.39 is 0 Å². The largest absolute Gasteiger partial charge is 0.388 e. The molecule has 1 nitrogen and oxygen atoms in total. The lowest BCUT2D eigenvalue weighted by molar-refractivity contribution is 0.175. The van der Waals surface area contributed by atoms with Crippen LogP contribution in [0.5, 0.6) is 0 Å². The molecule has 0 aliphatic carbocycles. The van der Waals surface area contributed by atoms with Crippen molar-refractivity contribution in [1.29, 1.82) is 0 Å². The molecule has 0 heterocycles. The Bertz CT molecular complexity index is 609. The molecule has 0 fully saturated rings. The van der Waals surface area contributed by atoms with E-state index in [1.165, 1.54) is 11.7 Å². The van der Waals surface area contributed by atoms with Crippen molar-refractivity contribution < 1.29 is 5.11 Å². The molecule has 3 heteroatoms. The number of benzene rings is 2. The Kier molecular flexibility index (Phi) is 7.72. The standard InChI is InChI=1S/C22H32BOP/c1-22(2,3)23(4)25(17-15-19-11-7-5-8-12-19)18-16-21(24)20-13-9-6-10-14-20/h5-14,21,24H,15-18H2,1-4H3. The summed E-state index contributed by atoms with van der Waals surface area (Å²) in [4.78, 5) is 0. The molecule has 0 aliphatic rings. The Morgan fingerprint density at radius 1 is 0.920 bits per heavy atom. The van der Waals surface area contributed by atoms with Gasteiger partial charge in [0.25, 0.3) is 0 Å². The van der Waals surface area contributed by atoms with Crippen LogP contribution in [0, 0.1) is 0 Å². The molecule has 2 rings (SSSR count). The number of aliphatic hydroxyl groups is 1. The zero-order valence-electron chi connectivity index (χ0n) is 16.2. The van der Waals surface area contributed by atoms with Crippen molar-refractivity contribution in [2.24, 2.45) is 0 Å². The van der Waals surface area contributed by atoms with Crippen LogP contribution in [0.15, 0.2) is 60.7 Å². The van der Waals surface area contributed by atoms with Crippen LogP contribution >= 0.6 is 7.80 Å². The van der Waals surface area contributed by atoms with E-state index in [2.05, 4.69) is 57.9 Å². The summed E-state index contributed by atoms with van der Waals surface area (Å²) in [5, 5.41) is 10.9. The first-order valence-electron chi connectivity index (χ1n) is 9.39. The van der Waals surface area contributed by atoms with Gasteiger partial charge in [0.1, 0.15) is 0 Å². The molecular formula is C22H32BOP. The van der Waals surface area contributed by atoms with Gasteiger partial charge in [0.2, 0.25) is 0 Å². The highest BCUT2D eigenvalue weighted by Crippen LogP contribution is 2.50. The average molecular weight is 354 g/mol. The summed E-state index contributed by atoms with van der Waals surface area (Å²) >= 11 is 0. The zero-order valence-corrected chi connectivity index (χ0v) is 17.0. The number of hydrogen-bond donors (Lipinski definition) is 1. The SMILES string of the molecule is CB(P(CCc1ccccc1)CCC(O)c1ccccc1)C(C)(C)C. The van der Waals surface area contributed by atoms with E-state index in [4.69, 9.17) is 0 Å². The van der Waals surface area contributed by atoms with Crippen molar-refractivity contribution in [2.45, 2.75) is 51.9 Å². The number of hydrogen-bond acceptors (Lipinski definition) is 1. The molecular weight excluding hydrogens is 322 g/mol. The monoisotopic (exact) mass is 354 g/mol. The Morgan fingerprint density at radius 2 is 1.48 bits per heavy atom. The number of aryl methyl sites for hydroxylation is 1. The highest BCUT2D eigenvalue weighted by Gasteiger charge is 2.31. The lowest BCUT2D eigenvalue weighted by atomic mass is 9.55. The molecule has 2 aromatic carbocycles. The molecule has 0 spiro atoms. The maximum Gasteiger partial charge on any atom is 0.173 e. The van der Waals surface area contributed by atoms with Gasteiger partial charge in [-0.2, -0.15) is 0 Å². The second-order valence-corrected chi connectivity index (χ2v) is 10.9. The van der Waals surface area contributed by atoms with Crippen LogP contribution in [0.25, 0.3) is 0 Å². The highest BCUT2D eigenvalue weighted by molar-refractivity contribution is 7.90. The van der Waals surface area contributed by atoms with Gasteiger partial charge in [-0.05, 0) is 36.3 Å². The number of aliphatic hydroxyl groups excluding tert-OH is 1. The fraction of sp³-hybridized carbons (Fsp3) is 0.455. The van der Waals surface area contributed by atoms with E-state index in [1.54, 1.807) is 0 Å². The van der Waals surface area contributed by atoms with Crippen molar-refractivity contribution in [3.8, 4) is 0 Å². The summed E-state index contributed by atoms with van der Waals surface area (Å²) < 4.78 is 0. The molecule has 0 radical (unpaired) electrons. The molecule has 134 valence electrons. The minimum atomic E-state index is -0.338. The van der Waals surface area contributed by atoms with Crippen LogP contribution in [-0.2, 0) is 6.42 Å². The second kappa shape index (κ2) is 9.55. The minimum absolute atomic E-state index is 0.116. The Balaban J connectivity index is 1.98. The second-order valence-electron chi connectivity index (χ2n) is 8.03. The molecule has 0 bridgehead atoms. The Labute approximate surface area is 155 Å². The quantitative estimate of drug-likeness (QED) is 0.438. The molecule has 0 amide bonds. The molecule has 0 saturated carbocycles. The van der Waals surface area contributed by atoms with Gasteiger partial charge in [0, 0.05) is 0 Å². The van der Waals surface area contributed by atoms with Crippen molar-refractivity contribution >= 4 is 14.2 Å².